The van der Waals surface area contributed by atoms with Gasteiger partial charge in [-0.05, 0) is 44.0 Å². The molecule has 1 amide bonds. The van der Waals surface area contributed by atoms with E-state index in [4.69, 9.17) is 11.6 Å². The molecule has 3 aliphatic heterocycles. The summed E-state index contributed by atoms with van der Waals surface area (Å²) < 4.78 is 38.4. The molecule has 4 rings (SSSR count). The van der Waals surface area contributed by atoms with Gasteiger partial charge in [-0.1, -0.05) is 11.6 Å². The van der Waals surface area contributed by atoms with Gasteiger partial charge >= 0.3 is 6.18 Å². The van der Waals surface area contributed by atoms with E-state index in [0.29, 0.717) is 5.92 Å². The van der Waals surface area contributed by atoms with Gasteiger partial charge in [-0.2, -0.15) is 13.2 Å². The van der Waals surface area contributed by atoms with Crippen molar-refractivity contribution in [1.82, 2.24) is 15.2 Å². The van der Waals surface area contributed by atoms with Crippen LogP contribution in [0.4, 0.5) is 13.2 Å². The SMILES string of the molecule is O=C(NC1CN2CCC1CC2)c1ccc(Cl)c(C(F)(F)F)n1. The van der Waals surface area contributed by atoms with Gasteiger partial charge in [-0.25, -0.2) is 4.98 Å². The number of alkyl halides is 3. The number of carbonyl (C=O) groups is 1. The van der Waals surface area contributed by atoms with Gasteiger partial charge in [0.15, 0.2) is 5.69 Å². The van der Waals surface area contributed by atoms with Crippen molar-refractivity contribution in [1.29, 1.82) is 0 Å². The molecule has 22 heavy (non-hydrogen) atoms. The first kappa shape index (κ1) is 15.6. The molecular formula is C14H15ClF3N3O. The average molecular weight is 334 g/mol. The molecule has 3 aliphatic rings. The Kier molecular flexibility index (Phi) is 4.03. The van der Waals surface area contributed by atoms with Crippen LogP contribution in [-0.4, -0.2) is 41.5 Å². The van der Waals surface area contributed by atoms with Gasteiger partial charge in [0.25, 0.3) is 5.91 Å². The minimum Gasteiger partial charge on any atom is -0.346 e. The van der Waals surface area contributed by atoms with Crippen molar-refractivity contribution in [3.63, 3.8) is 0 Å². The number of halogens is 4. The van der Waals surface area contributed by atoms with Gasteiger partial charge in [0.1, 0.15) is 5.69 Å². The molecule has 3 saturated heterocycles. The molecule has 1 aromatic heterocycles. The summed E-state index contributed by atoms with van der Waals surface area (Å²) in [7, 11) is 0. The Hall–Kier alpha value is -1.34. The molecule has 1 atom stereocenters. The van der Waals surface area contributed by atoms with Crippen molar-refractivity contribution in [2.24, 2.45) is 5.92 Å². The summed E-state index contributed by atoms with van der Waals surface area (Å²) in [4.78, 5) is 17.8. The lowest BCUT2D eigenvalue weighted by atomic mass is 9.84. The van der Waals surface area contributed by atoms with E-state index in [9.17, 15) is 18.0 Å². The summed E-state index contributed by atoms with van der Waals surface area (Å²) >= 11 is 5.51. The minimum atomic E-state index is -4.68. The fourth-order valence-corrected chi connectivity index (χ4v) is 3.35. The van der Waals surface area contributed by atoms with E-state index in [1.54, 1.807) is 0 Å². The van der Waals surface area contributed by atoms with Gasteiger partial charge in [0, 0.05) is 12.6 Å². The Balaban J connectivity index is 1.75. The molecule has 4 heterocycles. The summed E-state index contributed by atoms with van der Waals surface area (Å²) in [5.41, 5.74) is -1.48. The van der Waals surface area contributed by atoms with Gasteiger partial charge < -0.3 is 10.2 Å². The summed E-state index contributed by atoms with van der Waals surface area (Å²) in [5, 5.41) is 2.30. The van der Waals surface area contributed by atoms with Crippen molar-refractivity contribution >= 4 is 17.5 Å². The summed E-state index contributed by atoms with van der Waals surface area (Å²) in [6, 6.07) is 2.25. The lowest BCUT2D eigenvalue weighted by molar-refractivity contribution is -0.141. The molecule has 1 unspecified atom stereocenters. The molecule has 1 N–H and O–H groups in total. The van der Waals surface area contributed by atoms with Gasteiger partial charge in [0.2, 0.25) is 0 Å². The highest BCUT2D eigenvalue weighted by molar-refractivity contribution is 6.31. The van der Waals surface area contributed by atoms with Gasteiger partial charge in [0.05, 0.1) is 5.02 Å². The fourth-order valence-electron chi connectivity index (χ4n) is 3.14. The van der Waals surface area contributed by atoms with Crippen molar-refractivity contribution in [2.75, 3.05) is 19.6 Å². The quantitative estimate of drug-likeness (QED) is 0.905. The smallest absolute Gasteiger partial charge is 0.346 e. The summed E-state index contributed by atoms with van der Waals surface area (Å²) in [6.07, 6.45) is -2.66. The Bertz CT molecular complexity index is 585. The second-order valence-corrected chi connectivity index (χ2v) is 6.15. The highest BCUT2D eigenvalue weighted by Crippen LogP contribution is 2.33. The highest BCUT2D eigenvalue weighted by Gasteiger charge is 2.37. The third-order valence-electron chi connectivity index (χ3n) is 4.32. The van der Waals surface area contributed by atoms with Crippen LogP contribution in [0, 0.1) is 5.92 Å². The monoisotopic (exact) mass is 333 g/mol. The molecule has 4 nitrogen and oxygen atoms in total. The van der Waals surface area contributed by atoms with Crippen LogP contribution in [-0.2, 0) is 6.18 Å². The average Bonchev–Trinajstić information content (AvgIpc) is 2.47. The first-order valence-corrected chi connectivity index (χ1v) is 7.49. The number of fused-ring (bicyclic) bond motifs is 3. The molecule has 0 aromatic carbocycles. The highest BCUT2D eigenvalue weighted by atomic mass is 35.5. The van der Waals surface area contributed by atoms with E-state index >= 15 is 0 Å². The number of hydrogen-bond donors (Lipinski definition) is 1. The van der Waals surface area contributed by atoms with Crippen LogP contribution in [0.25, 0.3) is 0 Å². The van der Waals surface area contributed by atoms with E-state index in [0.717, 1.165) is 38.5 Å². The van der Waals surface area contributed by atoms with E-state index in [2.05, 4.69) is 15.2 Å². The fraction of sp³-hybridized carbons (Fsp3) is 0.571. The van der Waals surface area contributed by atoms with Crippen LogP contribution < -0.4 is 5.32 Å². The first-order valence-electron chi connectivity index (χ1n) is 7.11. The maximum Gasteiger partial charge on any atom is 0.434 e. The van der Waals surface area contributed by atoms with Crippen LogP contribution in [0.1, 0.15) is 29.0 Å². The van der Waals surface area contributed by atoms with Crippen molar-refractivity contribution in [3.05, 3.63) is 28.5 Å². The van der Waals surface area contributed by atoms with Gasteiger partial charge in [-0.3, -0.25) is 4.79 Å². The predicted octanol–water partition coefficient (Wildman–Crippen LogP) is 2.58. The lowest BCUT2D eigenvalue weighted by Crippen LogP contribution is -2.57. The number of hydrogen-bond acceptors (Lipinski definition) is 3. The summed E-state index contributed by atoms with van der Waals surface area (Å²) in [6.45, 7) is 2.79. The minimum absolute atomic E-state index is 0.0261. The van der Waals surface area contributed by atoms with E-state index in [-0.39, 0.29) is 11.7 Å². The van der Waals surface area contributed by atoms with Crippen molar-refractivity contribution in [2.45, 2.75) is 25.1 Å². The molecule has 1 aromatic rings. The molecule has 3 fully saturated rings. The number of aromatic nitrogens is 1. The number of amides is 1. The second kappa shape index (κ2) is 5.70. The number of pyridine rings is 1. The van der Waals surface area contributed by atoms with Crippen molar-refractivity contribution < 1.29 is 18.0 Å². The topological polar surface area (TPSA) is 45.2 Å². The Morgan fingerprint density at radius 1 is 1.32 bits per heavy atom. The first-order chi connectivity index (χ1) is 10.3. The standard InChI is InChI=1S/C14H15ClF3N3O/c15-9-1-2-10(19-12(9)14(16,17)18)13(22)20-11-7-21-5-3-8(11)4-6-21/h1-2,8,11H,3-7H2,(H,20,22). The summed E-state index contributed by atoms with van der Waals surface area (Å²) in [5.74, 6) is -0.191. The third kappa shape index (κ3) is 3.05. The normalized spacial score (nSPS) is 27.7. The van der Waals surface area contributed by atoms with E-state index in [1.165, 1.54) is 6.07 Å². The molecule has 0 aliphatic carbocycles. The van der Waals surface area contributed by atoms with E-state index < -0.39 is 22.8 Å². The second-order valence-electron chi connectivity index (χ2n) is 5.74. The zero-order valence-corrected chi connectivity index (χ0v) is 12.4. The zero-order chi connectivity index (χ0) is 15.9. The van der Waals surface area contributed by atoms with Crippen LogP contribution in [0.3, 0.4) is 0 Å². The van der Waals surface area contributed by atoms with Gasteiger partial charge in [-0.15, -0.1) is 0 Å². The molecular weight excluding hydrogens is 319 g/mol. The third-order valence-corrected chi connectivity index (χ3v) is 4.62. The maximum atomic E-state index is 12.8. The van der Waals surface area contributed by atoms with Crippen LogP contribution >= 0.6 is 11.6 Å². The zero-order valence-electron chi connectivity index (χ0n) is 11.7. The van der Waals surface area contributed by atoms with Crippen molar-refractivity contribution in [3.8, 4) is 0 Å². The predicted molar refractivity (Wildman–Crippen MR) is 74.7 cm³/mol. The molecule has 0 saturated carbocycles. The number of nitrogens with one attached hydrogen (secondary N) is 1. The Morgan fingerprint density at radius 2 is 2.00 bits per heavy atom. The molecule has 0 spiro atoms. The van der Waals surface area contributed by atoms with Crippen LogP contribution in [0.5, 0.6) is 0 Å². The number of piperidine rings is 3. The van der Waals surface area contributed by atoms with Crippen LogP contribution in [0.2, 0.25) is 5.02 Å². The Morgan fingerprint density at radius 3 is 2.55 bits per heavy atom. The number of nitrogens with zero attached hydrogens (tertiary/aromatic N) is 2. The molecule has 2 bridgehead atoms. The molecule has 0 radical (unpaired) electrons. The number of rotatable bonds is 2. The number of carbonyl (C=O) groups excluding carboxylic acids is 1. The maximum absolute atomic E-state index is 12.8. The van der Waals surface area contributed by atoms with E-state index in [1.807, 2.05) is 0 Å². The Labute approximate surface area is 130 Å². The molecule has 8 heteroatoms. The van der Waals surface area contributed by atoms with Crippen LogP contribution in [0.15, 0.2) is 12.1 Å². The lowest BCUT2D eigenvalue weighted by Gasteiger charge is -2.44. The largest absolute Gasteiger partial charge is 0.434 e. The molecule has 120 valence electrons.